The van der Waals surface area contributed by atoms with E-state index in [4.69, 9.17) is 0 Å². The molecule has 1 atom stereocenters. The van der Waals surface area contributed by atoms with Crippen LogP contribution < -0.4 is 10.2 Å². The zero-order valence-corrected chi connectivity index (χ0v) is 14.5. The van der Waals surface area contributed by atoms with Crippen molar-refractivity contribution in [2.45, 2.75) is 39.2 Å². The molecule has 0 radical (unpaired) electrons. The van der Waals surface area contributed by atoms with Crippen molar-refractivity contribution < 1.29 is 14.7 Å². The lowest BCUT2D eigenvalue weighted by atomic mass is 10.1. The molecule has 0 bridgehead atoms. The monoisotopic (exact) mass is 333 g/mol. The molecule has 1 aromatic rings. The number of carbonyl (C=O) groups is 2. The van der Waals surface area contributed by atoms with Gasteiger partial charge in [-0.25, -0.2) is 0 Å². The van der Waals surface area contributed by atoms with Gasteiger partial charge in [0.2, 0.25) is 11.8 Å². The fourth-order valence-electron chi connectivity index (χ4n) is 3.03. The average Bonchev–Trinajstić information content (AvgIpc) is 2.66. The summed E-state index contributed by atoms with van der Waals surface area (Å²) >= 11 is 0. The predicted molar refractivity (Wildman–Crippen MR) is 95.1 cm³/mol. The third-order valence-electron chi connectivity index (χ3n) is 4.23. The SMILES string of the molecule is CCCCN(CCO)CC(=O)N1c2ccccc2NC(=O)C[C@H]1C. The van der Waals surface area contributed by atoms with E-state index in [9.17, 15) is 14.7 Å². The molecule has 6 nitrogen and oxygen atoms in total. The number of fused-ring (bicyclic) bond motifs is 1. The Morgan fingerprint density at radius 3 is 2.83 bits per heavy atom. The maximum Gasteiger partial charge on any atom is 0.241 e. The van der Waals surface area contributed by atoms with Crippen molar-refractivity contribution in [3.63, 3.8) is 0 Å². The lowest BCUT2D eigenvalue weighted by molar-refractivity contribution is -0.120. The van der Waals surface area contributed by atoms with E-state index in [1.807, 2.05) is 36.1 Å². The number of para-hydroxylation sites is 2. The van der Waals surface area contributed by atoms with Gasteiger partial charge < -0.3 is 15.3 Å². The minimum atomic E-state index is -0.205. The molecule has 1 heterocycles. The number of amides is 2. The molecule has 6 heteroatoms. The highest BCUT2D eigenvalue weighted by molar-refractivity contribution is 6.04. The Kier molecular flexibility index (Phi) is 6.75. The number of benzene rings is 1. The third kappa shape index (κ3) is 4.55. The number of nitrogens with zero attached hydrogens (tertiary/aromatic N) is 2. The number of hydrogen-bond donors (Lipinski definition) is 2. The van der Waals surface area contributed by atoms with Gasteiger partial charge in [0.05, 0.1) is 24.5 Å². The van der Waals surface area contributed by atoms with Gasteiger partial charge in [-0.05, 0) is 32.0 Å². The Hall–Kier alpha value is -1.92. The van der Waals surface area contributed by atoms with E-state index in [1.165, 1.54) is 0 Å². The molecule has 2 N–H and O–H groups in total. The molecule has 0 saturated heterocycles. The van der Waals surface area contributed by atoms with Crippen LogP contribution >= 0.6 is 0 Å². The van der Waals surface area contributed by atoms with Gasteiger partial charge in [0.1, 0.15) is 0 Å². The number of anilines is 2. The second kappa shape index (κ2) is 8.80. The summed E-state index contributed by atoms with van der Waals surface area (Å²) in [6, 6.07) is 7.18. The predicted octanol–water partition coefficient (Wildman–Crippen LogP) is 1.84. The quantitative estimate of drug-likeness (QED) is 0.799. The van der Waals surface area contributed by atoms with Crippen LogP contribution in [0.1, 0.15) is 33.1 Å². The van der Waals surface area contributed by atoms with Gasteiger partial charge in [-0.15, -0.1) is 0 Å². The maximum absolute atomic E-state index is 12.9. The van der Waals surface area contributed by atoms with Crippen molar-refractivity contribution in [1.29, 1.82) is 0 Å². The smallest absolute Gasteiger partial charge is 0.241 e. The zero-order chi connectivity index (χ0) is 17.5. The molecule has 1 aromatic carbocycles. The molecule has 2 rings (SSSR count). The maximum atomic E-state index is 12.9. The second-order valence-corrected chi connectivity index (χ2v) is 6.24. The first kappa shape index (κ1) is 18.4. The number of carbonyl (C=O) groups excluding carboxylic acids is 2. The van der Waals surface area contributed by atoms with Crippen molar-refractivity contribution in [3.8, 4) is 0 Å². The summed E-state index contributed by atoms with van der Waals surface area (Å²) < 4.78 is 0. The molecule has 24 heavy (non-hydrogen) atoms. The van der Waals surface area contributed by atoms with Crippen LogP contribution in [0.25, 0.3) is 0 Å². The van der Waals surface area contributed by atoms with Crippen molar-refractivity contribution >= 4 is 23.2 Å². The highest BCUT2D eigenvalue weighted by Crippen LogP contribution is 2.31. The van der Waals surface area contributed by atoms with Gasteiger partial charge in [0.25, 0.3) is 0 Å². The van der Waals surface area contributed by atoms with E-state index in [1.54, 1.807) is 4.90 Å². The van der Waals surface area contributed by atoms with Crippen molar-refractivity contribution in [2.75, 3.05) is 36.5 Å². The van der Waals surface area contributed by atoms with Gasteiger partial charge in [-0.2, -0.15) is 0 Å². The number of hydrogen-bond acceptors (Lipinski definition) is 4. The van der Waals surface area contributed by atoms with Crippen LogP contribution in [-0.4, -0.2) is 54.1 Å². The lowest BCUT2D eigenvalue weighted by Crippen LogP contribution is -2.45. The Morgan fingerprint density at radius 2 is 2.12 bits per heavy atom. The van der Waals surface area contributed by atoms with Crippen molar-refractivity contribution in [2.24, 2.45) is 0 Å². The molecule has 0 aliphatic carbocycles. The van der Waals surface area contributed by atoms with Gasteiger partial charge in [0, 0.05) is 19.0 Å². The molecule has 0 spiro atoms. The molecule has 1 aliphatic rings. The third-order valence-corrected chi connectivity index (χ3v) is 4.23. The van der Waals surface area contributed by atoms with Gasteiger partial charge in [-0.1, -0.05) is 25.5 Å². The Bertz CT molecular complexity index is 576. The summed E-state index contributed by atoms with van der Waals surface area (Å²) in [5.74, 6) is -0.126. The van der Waals surface area contributed by atoms with E-state index < -0.39 is 0 Å². The first-order chi connectivity index (χ1) is 11.6. The molecule has 0 saturated carbocycles. The highest BCUT2D eigenvalue weighted by Gasteiger charge is 2.30. The zero-order valence-electron chi connectivity index (χ0n) is 14.5. The number of unbranched alkanes of at least 4 members (excludes halogenated alkanes) is 1. The van der Waals surface area contributed by atoms with Crippen LogP contribution in [0, 0.1) is 0 Å². The molecule has 2 amide bonds. The van der Waals surface area contributed by atoms with Crippen LogP contribution in [0.2, 0.25) is 0 Å². The molecule has 0 fully saturated rings. The van der Waals surface area contributed by atoms with E-state index in [0.717, 1.165) is 25.1 Å². The lowest BCUT2D eigenvalue weighted by Gasteiger charge is -2.30. The van der Waals surface area contributed by atoms with E-state index in [0.29, 0.717) is 12.2 Å². The molecular formula is C18H27N3O3. The van der Waals surface area contributed by atoms with E-state index >= 15 is 0 Å². The summed E-state index contributed by atoms with van der Waals surface area (Å²) in [5.41, 5.74) is 1.41. The normalized spacial score (nSPS) is 17.4. The number of nitrogens with one attached hydrogen (secondary N) is 1. The topological polar surface area (TPSA) is 72.9 Å². The minimum absolute atomic E-state index is 0.0309. The second-order valence-electron chi connectivity index (χ2n) is 6.24. The number of aliphatic hydroxyl groups excluding tert-OH is 1. The standard InChI is InChI=1S/C18H27N3O3/c1-3-4-9-20(10-11-22)13-18(24)21-14(2)12-17(23)19-15-7-5-6-8-16(15)21/h5-8,14,22H,3-4,9-13H2,1-2H3,(H,19,23)/t14-/m1/s1. The van der Waals surface area contributed by atoms with Crippen LogP contribution in [0.5, 0.6) is 0 Å². The first-order valence-electron chi connectivity index (χ1n) is 8.61. The van der Waals surface area contributed by atoms with Gasteiger partial charge >= 0.3 is 0 Å². The van der Waals surface area contributed by atoms with Crippen molar-refractivity contribution in [1.82, 2.24) is 4.90 Å². The Morgan fingerprint density at radius 1 is 1.38 bits per heavy atom. The highest BCUT2D eigenvalue weighted by atomic mass is 16.3. The number of aliphatic hydroxyl groups is 1. The molecule has 0 unspecified atom stereocenters. The van der Waals surface area contributed by atoms with E-state index in [-0.39, 0.29) is 37.4 Å². The summed E-state index contributed by atoms with van der Waals surface area (Å²) in [4.78, 5) is 28.6. The minimum Gasteiger partial charge on any atom is -0.395 e. The van der Waals surface area contributed by atoms with Crippen LogP contribution in [0.3, 0.4) is 0 Å². The molecule has 132 valence electrons. The molecule has 0 aromatic heterocycles. The summed E-state index contributed by atoms with van der Waals surface area (Å²) in [6.07, 6.45) is 2.30. The van der Waals surface area contributed by atoms with E-state index in [2.05, 4.69) is 12.2 Å². The van der Waals surface area contributed by atoms with Gasteiger partial charge in [-0.3, -0.25) is 14.5 Å². The van der Waals surface area contributed by atoms with Crippen LogP contribution in [0.4, 0.5) is 11.4 Å². The fraction of sp³-hybridized carbons (Fsp3) is 0.556. The van der Waals surface area contributed by atoms with Crippen LogP contribution in [0.15, 0.2) is 24.3 Å². The summed E-state index contributed by atoms with van der Waals surface area (Å²) in [6.45, 7) is 5.53. The molecule has 1 aliphatic heterocycles. The summed E-state index contributed by atoms with van der Waals surface area (Å²) in [7, 11) is 0. The van der Waals surface area contributed by atoms with Crippen molar-refractivity contribution in [3.05, 3.63) is 24.3 Å². The summed E-state index contributed by atoms with van der Waals surface area (Å²) in [5, 5.41) is 12.1. The Balaban J connectivity index is 2.21. The molecular weight excluding hydrogens is 306 g/mol. The average molecular weight is 333 g/mol. The fourth-order valence-corrected chi connectivity index (χ4v) is 3.03. The largest absolute Gasteiger partial charge is 0.395 e. The van der Waals surface area contributed by atoms with Crippen LogP contribution in [-0.2, 0) is 9.59 Å². The Labute approximate surface area is 143 Å². The number of rotatable bonds is 7. The van der Waals surface area contributed by atoms with Gasteiger partial charge in [0.15, 0.2) is 0 Å². The first-order valence-corrected chi connectivity index (χ1v) is 8.61.